The van der Waals surface area contributed by atoms with E-state index in [2.05, 4.69) is 39.0 Å². The lowest BCUT2D eigenvalue weighted by Gasteiger charge is -2.24. The third-order valence-corrected chi connectivity index (χ3v) is 7.26. The SMILES string of the molecule is CCOC(=O)[C@@H](C)C1CCc2ccc(OCc3ccc(C(C)(C)C)c(-c4cc(OC)ccc4F)c3)cc21. The number of carbonyl (C=O) groups excluding carboxylic acids is 1. The molecule has 0 saturated heterocycles. The highest BCUT2D eigenvalue weighted by Gasteiger charge is 2.32. The van der Waals surface area contributed by atoms with Gasteiger partial charge in [0.1, 0.15) is 23.9 Å². The molecule has 0 fully saturated rings. The molecule has 37 heavy (non-hydrogen) atoms. The van der Waals surface area contributed by atoms with Gasteiger partial charge in [-0.2, -0.15) is 0 Å². The quantitative estimate of drug-likeness (QED) is 0.296. The molecule has 0 radical (unpaired) electrons. The number of hydrogen-bond acceptors (Lipinski definition) is 4. The number of benzene rings is 3. The van der Waals surface area contributed by atoms with Crippen molar-refractivity contribution in [2.45, 2.75) is 65.4 Å². The smallest absolute Gasteiger partial charge is 0.309 e. The van der Waals surface area contributed by atoms with Crippen molar-refractivity contribution < 1.29 is 23.4 Å². The van der Waals surface area contributed by atoms with Crippen LogP contribution in [0, 0.1) is 11.7 Å². The maximum Gasteiger partial charge on any atom is 0.309 e. The lowest BCUT2D eigenvalue weighted by Crippen LogP contribution is -2.20. The molecular formula is C32H37FO4. The van der Waals surface area contributed by atoms with E-state index in [-0.39, 0.29) is 29.0 Å². The fourth-order valence-corrected chi connectivity index (χ4v) is 5.22. The van der Waals surface area contributed by atoms with Gasteiger partial charge >= 0.3 is 5.97 Å². The molecule has 0 aliphatic heterocycles. The monoisotopic (exact) mass is 504 g/mol. The van der Waals surface area contributed by atoms with Crippen molar-refractivity contribution in [3.05, 3.63) is 82.7 Å². The second-order valence-electron chi connectivity index (χ2n) is 10.8. The number of esters is 1. The van der Waals surface area contributed by atoms with Gasteiger partial charge in [0, 0.05) is 5.56 Å². The van der Waals surface area contributed by atoms with Crippen molar-refractivity contribution >= 4 is 5.97 Å². The van der Waals surface area contributed by atoms with E-state index in [0.29, 0.717) is 24.5 Å². The lowest BCUT2D eigenvalue weighted by molar-refractivity contribution is -0.148. The molecule has 0 N–H and O–H groups in total. The van der Waals surface area contributed by atoms with E-state index in [9.17, 15) is 9.18 Å². The first-order valence-corrected chi connectivity index (χ1v) is 13.0. The molecule has 2 atom stereocenters. The minimum atomic E-state index is -0.287. The van der Waals surface area contributed by atoms with Crippen molar-refractivity contribution in [2.24, 2.45) is 5.92 Å². The highest BCUT2D eigenvalue weighted by atomic mass is 19.1. The molecule has 1 unspecified atom stereocenters. The Balaban J connectivity index is 1.60. The van der Waals surface area contributed by atoms with Crippen LogP contribution in [0.1, 0.15) is 69.2 Å². The second kappa shape index (κ2) is 11.0. The number of hydrogen-bond donors (Lipinski definition) is 0. The van der Waals surface area contributed by atoms with E-state index in [1.54, 1.807) is 19.2 Å². The van der Waals surface area contributed by atoms with Gasteiger partial charge in [0.25, 0.3) is 0 Å². The van der Waals surface area contributed by atoms with Gasteiger partial charge < -0.3 is 14.2 Å². The van der Waals surface area contributed by atoms with Gasteiger partial charge in [-0.15, -0.1) is 0 Å². The Morgan fingerprint density at radius 3 is 2.49 bits per heavy atom. The zero-order chi connectivity index (χ0) is 26.7. The minimum Gasteiger partial charge on any atom is -0.497 e. The average Bonchev–Trinajstić information content (AvgIpc) is 3.30. The number of aryl methyl sites for hydroxylation is 1. The second-order valence-corrected chi connectivity index (χ2v) is 10.8. The van der Waals surface area contributed by atoms with E-state index in [0.717, 1.165) is 35.3 Å². The number of halogens is 1. The van der Waals surface area contributed by atoms with Gasteiger partial charge in [0.05, 0.1) is 19.6 Å². The molecule has 3 aromatic rings. The summed E-state index contributed by atoms with van der Waals surface area (Å²) in [7, 11) is 1.58. The first-order chi connectivity index (χ1) is 17.6. The molecule has 0 spiro atoms. The number of methoxy groups -OCH3 is 1. The van der Waals surface area contributed by atoms with E-state index < -0.39 is 0 Å². The van der Waals surface area contributed by atoms with Crippen molar-refractivity contribution in [1.29, 1.82) is 0 Å². The van der Waals surface area contributed by atoms with E-state index in [1.165, 1.54) is 17.2 Å². The molecule has 4 rings (SSSR count). The molecule has 3 aromatic carbocycles. The highest BCUT2D eigenvalue weighted by molar-refractivity contribution is 5.74. The van der Waals surface area contributed by atoms with Gasteiger partial charge in [-0.25, -0.2) is 4.39 Å². The number of carbonyl (C=O) groups is 1. The summed E-state index contributed by atoms with van der Waals surface area (Å²) in [6.45, 7) is 10.9. The zero-order valence-electron chi connectivity index (χ0n) is 22.7. The lowest BCUT2D eigenvalue weighted by atomic mass is 9.81. The third-order valence-electron chi connectivity index (χ3n) is 7.26. The Bertz CT molecular complexity index is 1270. The van der Waals surface area contributed by atoms with Gasteiger partial charge in [-0.05, 0) is 95.3 Å². The van der Waals surface area contributed by atoms with Crippen molar-refractivity contribution in [1.82, 2.24) is 0 Å². The maximum absolute atomic E-state index is 15.0. The summed E-state index contributed by atoms with van der Waals surface area (Å²) >= 11 is 0. The van der Waals surface area contributed by atoms with Crippen LogP contribution in [0.2, 0.25) is 0 Å². The molecule has 0 heterocycles. The van der Waals surface area contributed by atoms with Crippen molar-refractivity contribution in [3.8, 4) is 22.6 Å². The summed E-state index contributed by atoms with van der Waals surface area (Å²) in [6.07, 6.45) is 1.89. The molecule has 0 aromatic heterocycles. The average molecular weight is 505 g/mol. The van der Waals surface area contributed by atoms with Crippen LogP contribution in [0.3, 0.4) is 0 Å². The predicted molar refractivity (Wildman–Crippen MR) is 145 cm³/mol. The van der Waals surface area contributed by atoms with Crippen LogP contribution >= 0.6 is 0 Å². The topological polar surface area (TPSA) is 44.8 Å². The molecular weight excluding hydrogens is 467 g/mol. The zero-order valence-corrected chi connectivity index (χ0v) is 22.7. The van der Waals surface area contributed by atoms with Crippen LogP contribution in [0.4, 0.5) is 4.39 Å². The summed E-state index contributed by atoms with van der Waals surface area (Å²) in [5, 5.41) is 0. The Morgan fingerprint density at radius 2 is 1.78 bits per heavy atom. The minimum absolute atomic E-state index is 0.131. The van der Waals surface area contributed by atoms with E-state index in [4.69, 9.17) is 14.2 Å². The number of rotatable bonds is 8. The first-order valence-electron chi connectivity index (χ1n) is 13.0. The van der Waals surface area contributed by atoms with Gasteiger partial charge in [0.15, 0.2) is 0 Å². The number of ether oxygens (including phenoxy) is 3. The van der Waals surface area contributed by atoms with Crippen LogP contribution < -0.4 is 9.47 Å². The Hall–Kier alpha value is -3.34. The maximum atomic E-state index is 15.0. The molecule has 0 bridgehead atoms. The fourth-order valence-electron chi connectivity index (χ4n) is 5.22. The van der Waals surface area contributed by atoms with Crippen LogP contribution in [0.25, 0.3) is 11.1 Å². The molecule has 1 aliphatic rings. The fraction of sp³-hybridized carbons (Fsp3) is 0.406. The Labute approximate surface area is 219 Å². The van der Waals surface area contributed by atoms with Crippen LogP contribution in [-0.2, 0) is 28.0 Å². The molecule has 1 aliphatic carbocycles. The standard InChI is InChI=1S/C32H37FO4/c1-7-36-31(34)20(2)25-13-10-22-9-11-24(18-26(22)25)37-19-21-8-14-29(32(3,4)5)27(16-21)28-17-23(35-6)12-15-30(28)33/h8-9,11-12,14-18,20,25H,7,10,13,19H2,1-6H3/t20-,25?/m0/s1. The normalized spacial score (nSPS) is 15.7. The predicted octanol–water partition coefficient (Wildman–Crippen LogP) is 7.61. The molecule has 4 nitrogen and oxygen atoms in total. The Morgan fingerprint density at radius 1 is 1.03 bits per heavy atom. The molecule has 0 saturated carbocycles. The summed E-state index contributed by atoms with van der Waals surface area (Å²) < 4.78 is 31.8. The summed E-state index contributed by atoms with van der Waals surface area (Å²) in [6, 6.07) is 17.1. The van der Waals surface area contributed by atoms with Crippen molar-refractivity contribution in [2.75, 3.05) is 13.7 Å². The largest absolute Gasteiger partial charge is 0.497 e. The van der Waals surface area contributed by atoms with Crippen LogP contribution in [0.15, 0.2) is 54.6 Å². The third kappa shape index (κ3) is 5.82. The summed E-state index contributed by atoms with van der Waals surface area (Å²) in [5.74, 6) is 0.874. The molecule has 0 amide bonds. The van der Waals surface area contributed by atoms with Crippen LogP contribution in [0.5, 0.6) is 11.5 Å². The van der Waals surface area contributed by atoms with E-state index in [1.807, 2.05) is 32.0 Å². The van der Waals surface area contributed by atoms with Crippen LogP contribution in [-0.4, -0.2) is 19.7 Å². The first kappa shape index (κ1) is 26.7. The van der Waals surface area contributed by atoms with Gasteiger partial charge in [-0.3, -0.25) is 4.79 Å². The van der Waals surface area contributed by atoms with Gasteiger partial charge in [0.2, 0.25) is 0 Å². The van der Waals surface area contributed by atoms with Crippen molar-refractivity contribution in [3.63, 3.8) is 0 Å². The van der Waals surface area contributed by atoms with Gasteiger partial charge in [-0.1, -0.05) is 45.9 Å². The number of fused-ring (bicyclic) bond motifs is 1. The molecule has 5 heteroatoms. The highest BCUT2D eigenvalue weighted by Crippen LogP contribution is 2.41. The molecule has 196 valence electrons. The summed E-state index contributed by atoms with van der Waals surface area (Å²) in [5.41, 5.74) is 5.61. The van der Waals surface area contributed by atoms with E-state index >= 15 is 0 Å². The summed E-state index contributed by atoms with van der Waals surface area (Å²) in [4.78, 5) is 12.4. The Kier molecular flexibility index (Phi) is 7.91.